The number of H-pyrrole nitrogens is 1. The molecule has 1 heterocycles. The summed E-state index contributed by atoms with van der Waals surface area (Å²) >= 11 is 0. The highest BCUT2D eigenvalue weighted by atomic mass is 19.1. The van der Waals surface area contributed by atoms with Crippen molar-refractivity contribution in [1.82, 2.24) is 20.7 Å². The Balaban J connectivity index is 1.77. The lowest BCUT2D eigenvalue weighted by Crippen LogP contribution is -2.26. The molecule has 5 nitrogen and oxygen atoms in total. The van der Waals surface area contributed by atoms with Crippen LogP contribution in [0, 0.1) is 5.82 Å². The van der Waals surface area contributed by atoms with Crippen LogP contribution in [0.3, 0.4) is 0 Å². The molecule has 0 fully saturated rings. The molecule has 0 bridgehead atoms. The quantitative estimate of drug-likeness (QED) is 0.776. The second-order valence-electron chi connectivity index (χ2n) is 4.77. The molecule has 2 aromatic carbocycles. The van der Waals surface area contributed by atoms with E-state index in [-0.39, 0.29) is 17.8 Å². The van der Waals surface area contributed by atoms with Gasteiger partial charge in [-0.15, -0.1) is 0 Å². The minimum atomic E-state index is -0.297. The topological polar surface area (TPSA) is 70.7 Å². The van der Waals surface area contributed by atoms with Crippen LogP contribution in [-0.2, 0) is 0 Å². The fourth-order valence-corrected chi connectivity index (χ4v) is 2.10. The fraction of sp³-hybridized carbons (Fsp3) is 0.133. The first-order valence-electron chi connectivity index (χ1n) is 6.50. The van der Waals surface area contributed by atoms with Gasteiger partial charge in [0.25, 0.3) is 5.91 Å². The highest BCUT2D eigenvalue weighted by Gasteiger charge is 2.12. The van der Waals surface area contributed by atoms with Crippen LogP contribution in [0.2, 0.25) is 0 Å². The number of amides is 1. The Hall–Kier alpha value is -2.76. The number of carbonyl (C=O) groups is 1. The Bertz CT molecular complexity index is 782. The molecule has 0 aliphatic carbocycles. The van der Waals surface area contributed by atoms with Gasteiger partial charge in [-0.3, -0.25) is 4.79 Å². The minimum Gasteiger partial charge on any atom is -0.346 e. The summed E-state index contributed by atoms with van der Waals surface area (Å²) < 4.78 is 12.9. The summed E-state index contributed by atoms with van der Waals surface area (Å²) in [5.41, 5.74) is 2.69. The zero-order chi connectivity index (χ0) is 14.8. The molecule has 0 unspecified atom stereocenters. The van der Waals surface area contributed by atoms with E-state index >= 15 is 0 Å². The van der Waals surface area contributed by atoms with E-state index in [2.05, 4.69) is 20.7 Å². The molecular weight excluding hydrogens is 271 g/mol. The maximum Gasteiger partial charge on any atom is 0.251 e. The SMILES string of the molecule is C[C@H](NC(=O)c1ccc2n[nH]nc2c1)c1ccc(F)cc1. The second-order valence-corrected chi connectivity index (χ2v) is 4.77. The van der Waals surface area contributed by atoms with Crippen LogP contribution in [0.15, 0.2) is 42.5 Å². The van der Waals surface area contributed by atoms with Crippen LogP contribution >= 0.6 is 0 Å². The van der Waals surface area contributed by atoms with Gasteiger partial charge in [0.2, 0.25) is 0 Å². The normalized spacial score (nSPS) is 12.3. The first-order valence-corrected chi connectivity index (χ1v) is 6.50. The van der Waals surface area contributed by atoms with Gasteiger partial charge < -0.3 is 5.32 Å². The summed E-state index contributed by atoms with van der Waals surface area (Å²) in [4.78, 5) is 12.2. The molecule has 3 aromatic rings. The van der Waals surface area contributed by atoms with Gasteiger partial charge in [0.1, 0.15) is 16.9 Å². The van der Waals surface area contributed by atoms with Crippen LogP contribution in [0.4, 0.5) is 4.39 Å². The summed E-state index contributed by atoms with van der Waals surface area (Å²) in [6.07, 6.45) is 0. The van der Waals surface area contributed by atoms with Gasteiger partial charge in [-0.1, -0.05) is 12.1 Å². The fourth-order valence-electron chi connectivity index (χ4n) is 2.10. The first kappa shape index (κ1) is 13.2. The Morgan fingerprint density at radius 2 is 1.86 bits per heavy atom. The summed E-state index contributed by atoms with van der Waals surface area (Å²) in [5.74, 6) is -0.509. The molecule has 106 valence electrons. The number of hydrogen-bond acceptors (Lipinski definition) is 3. The average molecular weight is 284 g/mol. The number of benzene rings is 2. The van der Waals surface area contributed by atoms with Crippen LogP contribution in [0.5, 0.6) is 0 Å². The number of rotatable bonds is 3. The largest absolute Gasteiger partial charge is 0.346 e. The van der Waals surface area contributed by atoms with E-state index in [1.165, 1.54) is 12.1 Å². The predicted molar refractivity (Wildman–Crippen MR) is 76.2 cm³/mol. The standard InChI is InChI=1S/C15H13FN4O/c1-9(10-2-5-12(16)6-3-10)17-15(21)11-4-7-13-14(8-11)19-20-18-13/h2-9H,1H3,(H,17,21)(H,18,19,20)/t9-/m0/s1. The highest BCUT2D eigenvalue weighted by Crippen LogP contribution is 2.15. The van der Waals surface area contributed by atoms with Gasteiger partial charge >= 0.3 is 0 Å². The Morgan fingerprint density at radius 1 is 1.14 bits per heavy atom. The lowest BCUT2D eigenvalue weighted by atomic mass is 10.1. The number of aromatic nitrogens is 3. The number of nitrogens with one attached hydrogen (secondary N) is 2. The molecule has 0 saturated heterocycles. The van der Waals surface area contributed by atoms with Crippen LogP contribution in [0.25, 0.3) is 11.0 Å². The van der Waals surface area contributed by atoms with E-state index in [0.717, 1.165) is 5.56 Å². The van der Waals surface area contributed by atoms with Crippen molar-refractivity contribution in [3.05, 3.63) is 59.4 Å². The Labute approximate surface area is 120 Å². The highest BCUT2D eigenvalue weighted by molar-refractivity contribution is 5.97. The first-order chi connectivity index (χ1) is 10.1. The third-order valence-corrected chi connectivity index (χ3v) is 3.30. The van der Waals surface area contributed by atoms with Crippen LogP contribution in [-0.4, -0.2) is 21.3 Å². The lowest BCUT2D eigenvalue weighted by molar-refractivity contribution is 0.0940. The number of aromatic amines is 1. The van der Waals surface area contributed by atoms with Crippen molar-refractivity contribution < 1.29 is 9.18 Å². The Kier molecular flexibility index (Phi) is 3.35. The molecule has 0 radical (unpaired) electrons. The number of fused-ring (bicyclic) bond motifs is 1. The van der Waals surface area contributed by atoms with E-state index in [1.54, 1.807) is 30.3 Å². The van der Waals surface area contributed by atoms with Gasteiger partial charge in [-0.2, -0.15) is 15.4 Å². The zero-order valence-corrected chi connectivity index (χ0v) is 11.3. The van der Waals surface area contributed by atoms with E-state index < -0.39 is 0 Å². The van der Waals surface area contributed by atoms with Crippen molar-refractivity contribution in [1.29, 1.82) is 0 Å². The summed E-state index contributed by atoms with van der Waals surface area (Å²) in [7, 11) is 0. The maximum atomic E-state index is 12.9. The van der Waals surface area contributed by atoms with Gasteiger partial charge in [-0.25, -0.2) is 4.39 Å². The zero-order valence-electron chi connectivity index (χ0n) is 11.3. The maximum absolute atomic E-state index is 12.9. The molecule has 0 spiro atoms. The average Bonchev–Trinajstić information content (AvgIpc) is 2.95. The molecule has 1 atom stereocenters. The summed E-state index contributed by atoms with van der Waals surface area (Å²) in [6, 6.07) is 10.9. The van der Waals surface area contributed by atoms with Crippen molar-refractivity contribution >= 4 is 16.9 Å². The van der Waals surface area contributed by atoms with Crippen LogP contribution < -0.4 is 5.32 Å². The third kappa shape index (κ3) is 2.74. The predicted octanol–water partition coefficient (Wildman–Crippen LogP) is 2.59. The van der Waals surface area contributed by atoms with Gasteiger partial charge in [0.15, 0.2) is 0 Å². The summed E-state index contributed by atoms with van der Waals surface area (Å²) in [5, 5.41) is 13.3. The second kappa shape index (κ2) is 5.32. The van der Waals surface area contributed by atoms with E-state index in [1.807, 2.05) is 6.92 Å². The molecule has 2 N–H and O–H groups in total. The van der Waals surface area contributed by atoms with Gasteiger partial charge in [0.05, 0.1) is 6.04 Å². The van der Waals surface area contributed by atoms with Crippen molar-refractivity contribution in [3.8, 4) is 0 Å². The monoisotopic (exact) mass is 284 g/mol. The van der Waals surface area contributed by atoms with E-state index in [4.69, 9.17) is 0 Å². The molecule has 3 rings (SSSR count). The number of halogens is 1. The van der Waals surface area contributed by atoms with E-state index in [0.29, 0.717) is 16.6 Å². The molecular formula is C15H13FN4O. The molecule has 0 aliphatic rings. The molecule has 1 amide bonds. The molecule has 21 heavy (non-hydrogen) atoms. The van der Waals surface area contributed by atoms with E-state index in [9.17, 15) is 9.18 Å². The third-order valence-electron chi connectivity index (χ3n) is 3.30. The van der Waals surface area contributed by atoms with Gasteiger partial charge in [-0.05, 0) is 42.8 Å². The molecule has 6 heteroatoms. The number of nitrogens with zero attached hydrogens (tertiary/aromatic N) is 2. The number of hydrogen-bond donors (Lipinski definition) is 2. The van der Waals surface area contributed by atoms with Crippen molar-refractivity contribution in [3.63, 3.8) is 0 Å². The van der Waals surface area contributed by atoms with Crippen molar-refractivity contribution in [2.45, 2.75) is 13.0 Å². The minimum absolute atomic E-state index is 0.211. The molecule has 0 aliphatic heterocycles. The van der Waals surface area contributed by atoms with Crippen LogP contribution in [0.1, 0.15) is 28.9 Å². The van der Waals surface area contributed by atoms with Gasteiger partial charge in [0, 0.05) is 5.56 Å². The van der Waals surface area contributed by atoms with Crippen molar-refractivity contribution in [2.75, 3.05) is 0 Å². The molecule has 0 saturated carbocycles. The smallest absolute Gasteiger partial charge is 0.251 e. The summed E-state index contributed by atoms with van der Waals surface area (Å²) in [6.45, 7) is 1.85. The Morgan fingerprint density at radius 3 is 2.62 bits per heavy atom. The molecule has 1 aromatic heterocycles. The lowest BCUT2D eigenvalue weighted by Gasteiger charge is -2.14. The van der Waals surface area contributed by atoms with Crippen molar-refractivity contribution in [2.24, 2.45) is 0 Å². The number of carbonyl (C=O) groups excluding carboxylic acids is 1.